The number of hydrogen-bond acceptors (Lipinski definition) is 6. The normalized spacial score (nSPS) is 14.4. The van der Waals surface area contributed by atoms with Gasteiger partial charge in [-0.25, -0.2) is 0 Å². The highest BCUT2D eigenvalue weighted by molar-refractivity contribution is 6.26. The third-order valence-electron chi connectivity index (χ3n) is 19.9. The van der Waals surface area contributed by atoms with E-state index in [1.165, 1.54) is 0 Å². The Morgan fingerprint density at radius 1 is 0.244 bits per heavy atom. The van der Waals surface area contributed by atoms with Crippen molar-refractivity contribution >= 4 is 122 Å². The van der Waals surface area contributed by atoms with Gasteiger partial charge in [-0.05, 0) is 119 Å². The molecule has 8 heterocycles. The summed E-state index contributed by atoms with van der Waals surface area (Å²) in [6, 6.07) is 105. The molecule has 0 N–H and O–H groups in total. The second kappa shape index (κ2) is 17.4. The predicted octanol–water partition coefficient (Wildman–Crippen LogP) is 21.5. The monoisotopic (exact) mass is 1150 g/mol. The minimum absolute atomic E-state index is 0.672. The molecule has 1 aliphatic carbocycles. The molecule has 12 aromatic carbocycles. The lowest BCUT2D eigenvalue weighted by Gasteiger charge is -2.51. The molecular weight excluding hydrogens is 1100 g/mol. The molecule has 3 aliphatic rings. The van der Waals surface area contributed by atoms with Gasteiger partial charge >= 0.3 is 0 Å². The van der Waals surface area contributed by atoms with Gasteiger partial charge in [0.1, 0.15) is 44.7 Å². The van der Waals surface area contributed by atoms with E-state index in [1.54, 1.807) is 0 Å². The molecule has 6 aromatic heterocycles. The number of furan rings is 4. The number of aromatic nitrogens is 2. The highest BCUT2D eigenvalue weighted by atomic mass is 16.4. The Morgan fingerprint density at radius 3 is 0.978 bits per heavy atom. The first-order valence-corrected chi connectivity index (χ1v) is 30.7. The van der Waals surface area contributed by atoms with Gasteiger partial charge in [0.25, 0.3) is 0 Å². The van der Waals surface area contributed by atoms with Crippen LogP contribution in [-0.2, 0) is 10.8 Å². The Balaban J connectivity index is 0.986. The lowest BCUT2D eigenvalue weighted by molar-refractivity contribution is 0.388. The van der Waals surface area contributed by atoms with Gasteiger partial charge in [0.2, 0.25) is 11.8 Å². The Kier molecular flexibility index (Phi) is 9.30. The van der Waals surface area contributed by atoms with Crippen molar-refractivity contribution < 1.29 is 17.7 Å². The average molecular weight is 1150 g/mol. The van der Waals surface area contributed by atoms with E-state index in [9.17, 15) is 0 Å². The molecule has 0 radical (unpaired) electrons. The number of benzene rings is 12. The molecule has 0 saturated carbocycles. The average Bonchev–Trinajstić information content (AvgIpc) is 1.24. The molecule has 2 aliphatic heterocycles. The molecule has 21 rings (SSSR count). The van der Waals surface area contributed by atoms with Crippen LogP contribution in [0, 0.1) is 0 Å². The summed E-state index contributed by atoms with van der Waals surface area (Å²) in [6.07, 6.45) is 0. The zero-order chi connectivity index (χ0) is 58.6. The maximum Gasteiger partial charge on any atom is 0.205 e. The largest absolute Gasteiger partial charge is 0.456 e. The van der Waals surface area contributed by atoms with E-state index in [4.69, 9.17) is 17.7 Å². The van der Waals surface area contributed by atoms with Crippen molar-refractivity contribution in [3.63, 3.8) is 0 Å². The van der Waals surface area contributed by atoms with Crippen molar-refractivity contribution in [3.8, 4) is 11.8 Å². The predicted molar refractivity (Wildman–Crippen MR) is 361 cm³/mol. The summed E-state index contributed by atoms with van der Waals surface area (Å²) in [4.78, 5) is 4.85. The molecule has 0 atom stereocenters. The van der Waals surface area contributed by atoms with Gasteiger partial charge in [0.15, 0.2) is 0 Å². The molecule has 0 bridgehead atoms. The lowest BCUT2D eigenvalue weighted by Crippen LogP contribution is -2.48. The summed E-state index contributed by atoms with van der Waals surface area (Å²) in [5.74, 6) is 2.93. The van der Waals surface area contributed by atoms with Crippen LogP contribution >= 0.6 is 0 Å². The van der Waals surface area contributed by atoms with Crippen LogP contribution in [0.2, 0.25) is 0 Å². The van der Waals surface area contributed by atoms with Crippen molar-refractivity contribution in [2.45, 2.75) is 10.8 Å². The number of hydrogen-bond donors (Lipinski definition) is 0. The van der Waals surface area contributed by atoms with Crippen LogP contribution in [-0.4, -0.2) is 9.13 Å². The van der Waals surface area contributed by atoms with Gasteiger partial charge in [-0.2, -0.15) is 0 Å². The third kappa shape index (κ3) is 5.86. The number of anilines is 6. The van der Waals surface area contributed by atoms with E-state index in [-0.39, 0.29) is 0 Å². The van der Waals surface area contributed by atoms with E-state index < -0.39 is 10.8 Å². The molecule has 90 heavy (non-hydrogen) atoms. The molecule has 0 saturated heterocycles. The fourth-order valence-electron chi connectivity index (χ4n) is 16.6. The number of nitrogens with zero attached hydrogens (tertiary/aromatic N) is 4. The van der Waals surface area contributed by atoms with Crippen LogP contribution in [0.5, 0.6) is 0 Å². The van der Waals surface area contributed by atoms with Crippen molar-refractivity contribution in [2.75, 3.05) is 9.80 Å². The van der Waals surface area contributed by atoms with Crippen LogP contribution in [0.3, 0.4) is 0 Å². The minimum Gasteiger partial charge on any atom is -0.456 e. The summed E-state index contributed by atoms with van der Waals surface area (Å²) in [7, 11) is 0. The van der Waals surface area contributed by atoms with Gasteiger partial charge in [0.05, 0.1) is 55.6 Å². The topological polar surface area (TPSA) is 68.9 Å². The van der Waals surface area contributed by atoms with Gasteiger partial charge in [-0.3, -0.25) is 9.13 Å². The van der Waals surface area contributed by atoms with Crippen LogP contribution in [0.4, 0.5) is 34.1 Å². The minimum atomic E-state index is -1.18. The van der Waals surface area contributed by atoms with E-state index in [2.05, 4.69) is 298 Å². The van der Waals surface area contributed by atoms with E-state index in [0.29, 0.717) is 11.8 Å². The van der Waals surface area contributed by atoms with Crippen molar-refractivity contribution in [1.82, 2.24) is 9.13 Å². The second-order valence-electron chi connectivity index (χ2n) is 24.1. The number of para-hydroxylation sites is 10. The highest BCUT2D eigenvalue weighted by Gasteiger charge is 2.64. The first kappa shape index (κ1) is 48.2. The van der Waals surface area contributed by atoms with E-state index in [1.807, 2.05) is 12.1 Å². The van der Waals surface area contributed by atoms with Gasteiger partial charge < -0.3 is 27.5 Å². The number of fused-ring (bicyclic) bond motifs is 28. The first-order valence-electron chi connectivity index (χ1n) is 30.7. The molecule has 0 fully saturated rings. The summed E-state index contributed by atoms with van der Waals surface area (Å²) in [5.41, 5.74) is 17.3. The van der Waals surface area contributed by atoms with Crippen LogP contribution in [0.1, 0.15) is 44.9 Å². The fourth-order valence-corrected chi connectivity index (χ4v) is 16.6. The number of rotatable bonds is 4. The molecule has 18 aromatic rings. The SMILES string of the molecule is c1ccc(N2c3ccccc3C3(c4ccccc42)c2cc(-n4c5ccccc5c5ccc6oc7ccccc7c6c54)oc2C2(c4ccccc4N(c4ccccc4)c4ccccc42)c2cc(-n4c5ccccc5c5ccc6oc7ccccc7c6c54)oc23)cc1. The second-order valence-corrected chi connectivity index (χ2v) is 24.1. The maximum atomic E-state index is 8.45. The molecule has 2 spiro atoms. The highest BCUT2D eigenvalue weighted by Crippen LogP contribution is 2.70. The lowest BCUT2D eigenvalue weighted by atomic mass is 9.53. The zero-order valence-electron chi connectivity index (χ0n) is 48.1. The Hall–Kier alpha value is -12.0. The summed E-state index contributed by atoms with van der Waals surface area (Å²) < 4.78 is 35.2. The summed E-state index contributed by atoms with van der Waals surface area (Å²) in [5, 5.41) is 8.55. The van der Waals surface area contributed by atoms with Crippen LogP contribution < -0.4 is 9.80 Å². The molecule has 420 valence electrons. The van der Waals surface area contributed by atoms with Crippen molar-refractivity contribution in [2.24, 2.45) is 0 Å². The summed E-state index contributed by atoms with van der Waals surface area (Å²) in [6.45, 7) is 0. The van der Waals surface area contributed by atoms with Crippen molar-refractivity contribution in [1.29, 1.82) is 0 Å². The fraction of sp³-hybridized carbons (Fsp3) is 0.0244. The van der Waals surface area contributed by atoms with Gasteiger partial charge in [-0.15, -0.1) is 0 Å². The molecule has 8 heteroatoms. The molecule has 0 unspecified atom stereocenters. The zero-order valence-corrected chi connectivity index (χ0v) is 48.1. The Labute approximate surface area is 514 Å². The molecule has 8 nitrogen and oxygen atoms in total. The standard InChI is InChI=1S/C82H48N4O4/c1-3-23-49(24-4-1)83-65-37-17-11-31-57(65)81(58-32-12-18-38-66(58)83)61-47-73(85-63-35-15-7-27-51(63)53-43-45-71-75(77(53)85)55-29-9-21-41-69(55)87-71)90-80(61)82(59-33-13-19-39-67(59)84(50-25-5-2-6-26-50)68-40-20-14-34-60(68)82)62-48-74(89-79(62)81)86-64-36-16-8-28-52(64)54-44-46-72-76(78(54)86)56-30-10-22-42-70(56)88-72/h1-48H. The van der Waals surface area contributed by atoms with Gasteiger partial charge in [0, 0.05) is 67.0 Å². The smallest absolute Gasteiger partial charge is 0.205 e. The van der Waals surface area contributed by atoms with E-state index >= 15 is 0 Å². The van der Waals surface area contributed by atoms with Crippen LogP contribution in [0.15, 0.2) is 309 Å². The molecular formula is C82H48N4O4. The quantitative estimate of drug-likeness (QED) is 0.175. The van der Waals surface area contributed by atoms with Crippen LogP contribution in [0.25, 0.3) is 99.3 Å². The Morgan fingerprint density at radius 2 is 0.578 bits per heavy atom. The van der Waals surface area contributed by atoms with Crippen molar-refractivity contribution in [3.05, 3.63) is 336 Å². The first-order chi connectivity index (χ1) is 44.7. The Bertz CT molecular complexity index is 5580. The summed E-state index contributed by atoms with van der Waals surface area (Å²) >= 11 is 0. The van der Waals surface area contributed by atoms with Gasteiger partial charge in [-0.1, -0.05) is 182 Å². The van der Waals surface area contributed by atoms with E-state index in [0.717, 1.165) is 167 Å². The third-order valence-corrected chi connectivity index (χ3v) is 19.9. The molecule has 0 amide bonds. The maximum absolute atomic E-state index is 8.45.